The highest BCUT2D eigenvalue weighted by Crippen LogP contribution is 2.32. The Hall–Kier alpha value is -2.54. The molecule has 0 bridgehead atoms. The lowest BCUT2D eigenvalue weighted by molar-refractivity contribution is -0.364. The number of H-pyrrole nitrogens is 1. The molecular formula is C18H21N4O2S+. The molecule has 0 atom stereocenters. The van der Waals surface area contributed by atoms with E-state index in [2.05, 4.69) is 32.2 Å². The van der Waals surface area contributed by atoms with Crippen molar-refractivity contribution >= 4 is 23.1 Å². The molecular weight excluding hydrogens is 336 g/mol. The molecule has 0 saturated carbocycles. The standard InChI is InChI=1S/C18H20N4O2S/c25-18(20-12-14-4-5-15-16(11-14)24-13-23-15)22-9-7-21(8-10-22)17-3-1-2-6-19-17/h1-6,11H,7-10,12-13H2,(H,20,25)/p+1. The maximum atomic E-state index is 5.56. The Morgan fingerprint density at radius 1 is 1.08 bits per heavy atom. The van der Waals surface area contributed by atoms with Crippen molar-refractivity contribution in [2.45, 2.75) is 6.54 Å². The van der Waals surface area contributed by atoms with E-state index in [0.717, 1.165) is 54.2 Å². The van der Waals surface area contributed by atoms with Crippen LogP contribution in [0.15, 0.2) is 42.6 Å². The largest absolute Gasteiger partial charge is 0.454 e. The number of piperazine rings is 1. The van der Waals surface area contributed by atoms with Gasteiger partial charge in [0, 0.05) is 12.6 Å². The molecule has 2 aliphatic rings. The molecule has 0 amide bonds. The molecule has 2 aromatic rings. The molecule has 2 N–H and O–H groups in total. The van der Waals surface area contributed by atoms with Crippen LogP contribution in [-0.2, 0) is 6.54 Å². The molecule has 3 heterocycles. The first-order valence-corrected chi connectivity index (χ1v) is 8.83. The summed E-state index contributed by atoms with van der Waals surface area (Å²) in [4.78, 5) is 7.85. The van der Waals surface area contributed by atoms with Crippen LogP contribution in [0.1, 0.15) is 5.56 Å². The zero-order chi connectivity index (χ0) is 17.1. The van der Waals surface area contributed by atoms with Gasteiger partial charge in [0.25, 0.3) is 5.82 Å². The summed E-state index contributed by atoms with van der Waals surface area (Å²) in [6.07, 6.45) is 1.96. The Balaban J connectivity index is 1.28. The van der Waals surface area contributed by atoms with Gasteiger partial charge in [-0.15, -0.1) is 0 Å². The summed E-state index contributed by atoms with van der Waals surface area (Å²) in [6, 6.07) is 12.1. The number of hydrogen-bond donors (Lipinski definition) is 1. The van der Waals surface area contributed by atoms with Crippen molar-refractivity contribution < 1.29 is 14.5 Å². The number of rotatable bonds is 3. The monoisotopic (exact) mass is 357 g/mol. The Labute approximate surface area is 152 Å². The van der Waals surface area contributed by atoms with Gasteiger partial charge in [-0.05, 0) is 36.0 Å². The number of nitrogens with one attached hydrogen (secondary N) is 2. The number of hydrogen-bond acceptors (Lipinski definition) is 4. The van der Waals surface area contributed by atoms with E-state index in [4.69, 9.17) is 21.7 Å². The highest BCUT2D eigenvalue weighted by Gasteiger charge is 2.24. The maximum Gasteiger partial charge on any atom is 0.274 e. The number of ether oxygens (including phenoxy) is 2. The van der Waals surface area contributed by atoms with Crippen LogP contribution < -0.4 is 24.7 Å². The zero-order valence-corrected chi connectivity index (χ0v) is 14.7. The highest BCUT2D eigenvalue weighted by molar-refractivity contribution is 7.80. The van der Waals surface area contributed by atoms with Crippen LogP contribution >= 0.6 is 12.2 Å². The number of pyridine rings is 1. The third-order valence-corrected chi connectivity index (χ3v) is 4.88. The number of aromatic amines is 1. The number of thiocarbonyl (C=S) groups is 1. The van der Waals surface area contributed by atoms with Crippen molar-refractivity contribution in [1.82, 2.24) is 10.2 Å². The van der Waals surface area contributed by atoms with Crippen LogP contribution in [0.5, 0.6) is 11.5 Å². The molecule has 0 unspecified atom stereocenters. The van der Waals surface area contributed by atoms with Crippen LogP contribution in [0.4, 0.5) is 5.82 Å². The minimum Gasteiger partial charge on any atom is -0.454 e. The van der Waals surface area contributed by atoms with Crippen LogP contribution in [-0.4, -0.2) is 43.0 Å². The van der Waals surface area contributed by atoms with E-state index >= 15 is 0 Å². The number of benzene rings is 1. The zero-order valence-electron chi connectivity index (χ0n) is 13.9. The molecule has 0 aliphatic carbocycles. The average Bonchev–Trinajstić information content (AvgIpc) is 3.15. The van der Waals surface area contributed by atoms with Crippen LogP contribution in [0.2, 0.25) is 0 Å². The van der Waals surface area contributed by atoms with Crippen LogP contribution in [0, 0.1) is 0 Å². The van der Waals surface area contributed by atoms with E-state index in [1.54, 1.807) is 0 Å². The Morgan fingerprint density at radius 3 is 2.72 bits per heavy atom. The summed E-state index contributed by atoms with van der Waals surface area (Å²) in [5, 5.41) is 4.15. The Morgan fingerprint density at radius 2 is 1.92 bits per heavy atom. The number of anilines is 1. The number of nitrogens with zero attached hydrogens (tertiary/aromatic N) is 2. The quantitative estimate of drug-likeness (QED) is 0.839. The Kier molecular flexibility index (Phi) is 4.56. The first-order chi connectivity index (χ1) is 12.3. The first-order valence-electron chi connectivity index (χ1n) is 8.42. The van der Waals surface area contributed by atoms with Crippen molar-refractivity contribution in [3.05, 3.63) is 48.2 Å². The molecule has 6 nitrogen and oxygen atoms in total. The van der Waals surface area contributed by atoms with Gasteiger partial charge >= 0.3 is 0 Å². The topological polar surface area (TPSA) is 51.1 Å². The van der Waals surface area contributed by atoms with E-state index in [1.807, 2.05) is 30.5 Å². The summed E-state index contributed by atoms with van der Waals surface area (Å²) in [5.74, 6) is 2.76. The average molecular weight is 357 g/mol. The summed E-state index contributed by atoms with van der Waals surface area (Å²) in [6.45, 7) is 4.71. The van der Waals surface area contributed by atoms with Gasteiger partial charge in [0.2, 0.25) is 6.79 Å². The fourth-order valence-electron chi connectivity index (χ4n) is 3.07. The van der Waals surface area contributed by atoms with Crippen LogP contribution in [0.25, 0.3) is 0 Å². The lowest BCUT2D eigenvalue weighted by Gasteiger charge is -2.32. The van der Waals surface area contributed by atoms with E-state index < -0.39 is 0 Å². The third-order valence-electron chi connectivity index (χ3n) is 4.48. The SMILES string of the molecule is S=C(NCc1ccc2c(c1)OCO2)N1CCN(c2cccc[nH+]2)CC1. The fraction of sp³-hybridized carbons (Fsp3) is 0.333. The lowest BCUT2D eigenvalue weighted by atomic mass is 10.2. The molecule has 7 heteroatoms. The molecule has 0 spiro atoms. The minimum absolute atomic E-state index is 0.299. The van der Waals surface area contributed by atoms with Gasteiger partial charge in [0.15, 0.2) is 16.6 Å². The van der Waals surface area contributed by atoms with Gasteiger partial charge in [-0.1, -0.05) is 12.1 Å². The first kappa shape index (κ1) is 16.0. The molecule has 1 fully saturated rings. The van der Waals surface area contributed by atoms with Gasteiger partial charge in [0.05, 0.1) is 19.3 Å². The van der Waals surface area contributed by atoms with Crippen molar-refractivity contribution in [3.63, 3.8) is 0 Å². The molecule has 130 valence electrons. The smallest absolute Gasteiger partial charge is 0.274 e. The van der Waals surface area contributed by atoms with Crippen molar-refractivity contribution in [2.75, 3.05) is 37.9 Å². The maximum absolute atomic E-state index is 5.56. The molecule has 25 heavy (non-hydrogen) atoms. The number of aromatic nitrogens is 1. The van der Waals surface area contributed by atoms with E-state index in [-0.39, 0.29) is 0 Å². The third kappa shape index (κ3) is 3.61. The van der Waals surface area contributed by atoms with Gasteiger partial charge < -0.3 is 19.7 Å². The van der Waals surface area contributed by atoms with Crippen molar-refractivity contribution in [3.8, 4) is 11.5 Å². The molecule has 0 radical (unpaired) electrons. The summed E-state index contributed by atoms with van der Waals surface area (Å²) >= 11 is 5.56. The second-order valence-corrected chi connectivity index (χ2v) is 6.45. The van der Waals surface area contributed by atoms with Crippen molar-refractivity contribution in [2.24, 2.45) is 0 Å². The van der Waals surface area contributed by atoms with Crippen LogP contribution in [0.3, 0.4) is 0 Å². The number of fused-ring (bicyclic) bond motifs is 1. The van der Waals surface area contributed by atoms with E-state index in [1.165, 1.54) is 0 Å². The summed E-state index contributed by atoms with van der Waals surface area (Å²) in [7, 11) is 0. The summed E-state index contributed by atoms with van der Waals surface area (Å²) < 4.78 is 10.8. The second kappa shape index (κ2) is 7.14. The predicted molar refractivity (Wildman–Crippen MR) is 98.8 cm³/mol. The fourth-order valence-corrected chi connectivity index (χ4v) is 3.33. The minimum atomic E-state index is 0.299. The molecule has 1 aromatic carbocycles. The predicted octanol–water partition coefficient (Wildman–Crippen LogP) is 1.43. The van der Waals surface area contributed by atoms with Gasteiger partial charge in [0.1, 0.15) is 13.1 Å². The molecule has 4 rings (SSSR count). The molecule has 1 aromatic heterocycles. The van der Waals surface area contributed by atoms with Gasteiger partial charge in [-0.25, -0.2) is 4.98 Å². The second-order valence-electron chi connectivity index (χ2n) is 6.07. The highest BCUT2D eigenvalue weighted by atomic mass is 32.1. The van der Waals surface area contributed by atoms with Gasteiger partial charge in [-0.3, -0.25) is 4.90 Å². The molecule has 2 aliphatic heterocycles. The van der Waals surface area contributed by atoms with Crippen molar-refractivity contribution in [1.29, 1.82) is 0 Å². The van der Waals surface area contributed by atoms with Gasteiger partial charge in [-0.2, -0.15) is 0 Å². The lowest BCUT2D eigenvalue weighted by Crippen LogP contribution is -2.52. The van der Waals surface area contributed by atoms with E-state index in [9.17, 15) is 0 Å². The molecule has 1 saturated heterocycles. The normalized spacial score (nSPS) is 16.0. The summed E-state index contributed by atoms with van der Waals surface area (Å²) in [5.41, 5.74) is 1.13. The van der Waals surface area contributed by atoms with E-state index in [0.29, 0.717) is 13.3 Å². The Bertz CT molecular complexity index is 748.